The topological polar surface area (TPSA) is 83.8 Å². The predicted molar refractivity (Wildman–Crippen MR) is 49.3 cm³/mol. The van der Waals surface area contributed by atoms with E-state index in [0.29, 0.717) is 0 Å². The first-order valence-corrected chi connectivity index (χ1v) is 2.66. The third-order valence-electron chi connectivity index (χ3n) is 0.782. The molecule has 0 unspecified atom stereocenters. The molecule has 0 bridgehead atoms. The normalized spacial score (nSPS) is 7.54. The van der Waals surface area contributed by atoms with Crippen LogP contribution < -0.4 is 0 Å². The second-order valence-corrected chi connectivity index (χ2v) is 1.51. The van der Waals surface area contributed by atoms with Crippen molar-refractivity contribution in [1.82, 2.24) is 0 Å². The summed E-state index contributed by atoms with van der Waals surface area (Å²) in [5.41, 5.74) is 0. The maximum Gasteiger partial charge on any atom is 2.00 e. The summed E-state index contributed by atoms with van der Waals surface area (Å²) >= 11 is 0. The SMILES string of the molecule is CCOC(C(=O)O)C(=O)O.[CH3-].[CH3-].[Mg+2]. The second-order valence-electron chi connectivity index (χ2n) is 1.51. The first kappa shape index (κ1) is 23.0. The van der Waals surface area contributed by atoms with Crippen LogP contribution in [-0.2, 0) is 14.3 Å². The zero-order chi connectivity index (χ0) is 8.15. The van der Waals surface area contributed by atoms with Crippen molar-refractivity contribution in [3.8, 4) is 0 Å². The fraction of sp³-hybridized carbons (Fsp3) is 0.429. The van der Waals surface area contributed by atoms with E-state index in [4.69, 9.17) is 10.2 Å². The Hall–Kier alpha value is -0.334. The molecule has 0 heterocycles. The molecule has 6 heteroatoms. The molecular weight excluding hydrogens is 188 g/mol. The fourth-order valence-corrected chi connectivity index (χ4v) is 0.415. The van der Waals surface area contributed by atoms with E-state index in [1.54, 1.807) is 0 Å². The Morgan fingerprint density at radius 2 is 1.54 bits per heavy atom. The van der Waals surface area contributed by atoms with Crippen LogP contribution in [0.3, 0.4) is 0 Å². The zero-order valence-electron chi connectivity index (χ0n) is 8.11. The number of hydrogen-bond donors (Lipinski definition) is 2. The van der Waals surface area contributed by atoms with Crippen LogP contribution in [0.4, 0.5) is 0 Å². The van der Waals surface area contributed by atoms with Crippen molar-refractivity contribution in [3.05, 3.63) is 14.9 Å². The van der Waals surface area contributed by atoms with Gasteiger partial charge < -0.3 is 29.8 Å². The van der Waals surface area contributed by atoms with Gasteiger partial charge in [-0.2, -0.15) is 0 Å². The fourth-order valence-electron chi connectivity index (χ4n) is 0.415. The molecule has 0 aliphatic heterocycles. The molecule has 0 atom stereocenters. The molecule has 0 saturated heterocycles. The van der Waals surface area contributed by atoms with Gasteiger partial charge in [0.2, 0.25) is 0 Å². The summed E-state index contributed by atoms with van der Waals surface area (Å²) < 4.78 is 4.37. The Balaban J connectivity index is -0.000000135. The maximum absolute atomic E-state index is 10.0. The number of carboxylic acids is 2. The summed E-state index contributed by atoms with van der Waals surface area (Å²) in [6.45, 7) is 1.60. The molecular formula is C7H14MgO5. The van der Waals surface area contributed by atoms with Gasteiger partial charge in [-0.25, -0.2) is 9.59 Å². The van der Waals surface area contributed by atoms with E-state index in [1.165, 1.54) is 6.92 Å². The molecule has 74 valence electrons. The monoisotopic (exact) mass is 202 g/mol. The van der Waals surface area contributed by atoms with Crippen LogP contribution in [0.1, 0.15) is 6.92 Å². The minimum absolute atomic E-state index is 0. The van der Waals surface area contributed by atoms with Gasteiger partial charge in [0.05, 0.1) is 0 Å². The van der Waals surface area contributed by atoms with Gasteiger partial charge in [-0.05, 0) is 6.92 Å². The van der Waals surface area contributed by atoms with Crippen LogP contribution in [0.15, 0.2) is 0 Å². The summed E-state index contributed by atoms with van der Waals surface area (Å²) in [4.78, 5) is 20.1. The van der Waals surface area contributed by atoms with Crippen LogP contribution in [0.5, 0.6) is 0 Å². The van der Waals surface area contributed by atoms with Crippen LogP contribution in [0.2, 0.25) is 0 Å². The predicted octanol–water partition coefficient (Wildman–Crippen LogP) is 0.0805. The van der Waals surface area contributed by atoms with E-state index < -0.39 is 18.0 Å². The molecule has 5 nitrogen and oxygen atoms in total. The van der Waals surface area contributed by atoms with E-state index in [1.807, 2.05) is 0 Å². The number of rotatable bonds is 4. The summed E-state index contributed by atoms with van der Waals surface area (Å²) in [7, 11) is 0. The molecule has 0 radical (unpaired) electrons. The van der Waals surface area contributed by atoms with Crippen molar-refractivity contribution in [2.24, 2.45) is 0 Å². The Morgan fingerprint density at radius 3 is 1.62 bits per heavy atom. The van der Waals surface area contributed by atoms with E-state index in [0.717, 1.165) is 0 Å². The zero-order valence-corrected chi connectivity index (χ0v) is 9.52. The molecule has 2 N–H and O–H groups in total. The number of hydrogen-bond acceptors (Lipinski definition) is 3. The van der Waals surface area contributed by atoms with Gasteiger partial charge in [-0.15, -0.1) is 0 Å². The van der Waals surface area contributed by atoms with Gasteiger partial charge >= 0.3 is 35.0 Å². The molecule has 0 aromatic rings. The Morgan fingerprint density at radius 1 is 1.23 bits per heavy atom. The van der Waals surface area contributed by atoms with Crippen molar-refractivity contribution in [3.63, 3.8) is 0 Å². The van der Waals surface area contributed by atoms with E-state index in [2.05, 4.69) is 4.74 Å². The van der Waals surface area contributed by atoms with E-state index >= 15 is 0 Å². The Labute approximate surface area is 94.2 Å². The molecule has 0 spiro atoms. The van der Waals surface area contributed by atoms with E-state index in [-0.39, 0.29) is 44.5 Å². The maximum atomic E-state index is 10.0. The average Bonchev–Trinajstić information content (AvgIpc) is 1.81. The van der Waals surface area contributed by atoms with Gasteiger partial charge in [-0.1, -0.05) is 0 Å². The van der Waals surface area contributed by atoms with Crippen LogP contribution in [-0.4, -0.2) is 57.9 Å². The molecule has 0 amide bonds. The van der Waals surface area contributed by atoms with Crippen LogP contribution in [0, 0.1) is 14.9 Å². The average molecular weight is 202 g/mol. The Bertz CT molecular complexity index is 134. The van der Waals surface area contributed by atoms with Gasteiger partial charge in [0.25, 0.3) is 6.10 Å². The number of carboxylic acid groups (broad SMARTS) is 2. The number of ether oxygens (including phenoxy) is 1. The standard InChI is InChI=1S/C5H8O5.2CH3.Mg/c1-2-10-3(4(6)7)5(8)9;;;/h3H,2H2,1H3,(H,6,7)(H,8,9);2*1H3;/q;2*-1;+2. The largest absolute Gasteiger partial charge is 2.00 e. The minimum atomic E-state index is -1.73. The van der Waals surface area contributed by atoms with Crippen molar-refractivity contribution in [1.29, 1.82) is 0 Å². The van der Waals surface area contributed by atoms with Gasteiger partial charge in [0.15, 0.2) is 0 Å². The molecule has 0 aromatic carbocycles. The third kappa shape index (κ3) is 9.58. The molecule has 0 aliphatic carbocycles. The molecule has 0 fully saturated rings. The van der Waals surface area contributed by atoms with Gasteiger partial charge in [0, 0.05) is 6.61 Å². The van der Waals surface area contributed by atoms with Crippen molar-refractivity contribution in [2.75, 3.05) is 6.61 Å². The van der Waals surface area contributed by atoms with Crippen LogP contribution in [0.25, 0.3) is 0 Å². The molecule has 0 rings (SSSR count). The summed E-state index contributed by atoms with van der Waals surface area (Å²) in [6, 6.07) is 0. The van der Waals surface area contributed by atoms with Crippen molar-refractivity contribution < 1.29 is 24.5 Å². The first-order valence-electron chi connectivity index (χ1n) is 2.66. The molecule has 0 aliphatic rings. The van der Waals surface area contributed by atoms with Crippen molar-refractivity contribution >= 4 is 35.0 Å². The van der Waals surface area contributed by atoms with Crippen LogP contribution >= 0.6 is 0 Å². The molecule has 0 saturated carbocycles. The summed E-state index contributed by atoms with van der Waals surface area (Å²) in [6.07, 6.45) is -1.73. The summed E-state index contributed by atoms with van der Waals surface area (Å²) in [5.74, 6) is -2.95. The number of carbonyl (C=O) groups is 2. The first-order chi connectivity index (χ1) is 4.59. The third-order valence-corrected chi connectivity index (χ3v) is 0.782. The smallest absolute Gasteiger partial charge is 0.479 e. The molecule has 13 heavy (non-hydrogen) atoms. The van der Waals surface area contributed by atoms with Gasteiger partial charge in [-0.3, -0.25) is 0 Å². The second kappa shape index (κ2) is 11.7. The Kier molecular flexibility index (Phi) is 20.6. The minimum Gasteiger partial charge on any atom is -0.479 e. The quantitative estimate of drug-likeness (QED) is 0.383. The van der Waals surface area contributed by atoms with Gasteiger partial charge in [0.1, 0.15) is 0 Å². The van der Waals surface area contributed by atoms with E-state index in [9.17, 15) is 9.59 Å². The molecule has 0 aromatic heterocycles. The van der Waals surface area contributed by atoms with Crippen molar-refractivity contribution in [2.45, 2.75) is 13.0 Å². The number of aliphatic carboxylic acids is 2. The summed E-state index contributed by atoms with van der Waals surface area (Å²) in [5, 5.41) is 16.3.